The van der Waals surface area contributed by atoms with Crippen molar-refractivity contribution in [2.75, 3.05) is 62.7 Å². The van der Waals surface area contributed by atoms with Crippen molar-refractivity contribution < 1.29 is 14.3 Å². The first-order chi connectivity index (χ1) is 19.9. The monoisotopic (exact) mass is 594 g/mol. The van der Waals surface area contributed by atoms with E-state index in [1.54, 1.807) is 24.3 Å². The van der Waals surface area contributed by atoms with Crippen molar-refractivity contribution in [3.63, 3.8) is 0 Å². The summed E-state index contributed by atoms with van der Waals surface area (Å²) in [6, 6.07) is 20.9. The van der Waals surface area contributed by atoms with Gasteiger partial charge < -0.3 is 20.3 Å². The normalized spacial score (nSPS) is 16.4. The largest absolute Gasteiger partial charge is 0.379 e. The van der Waals surface area contributed by atoms with Gasteiger partial charge in [-0.05, 0) is 67.1 Å². The molecule has 2 amide bonds. The summed E-state index contributed by atoms with van der Waals surface area (Å²) < 4.78 is 5.43. The van der Waals surface area contributed by atoms with Gasteiger partial charge in [0.15, 0.2) is 0 Å². The standard InChI is InChI=1S/C32H36Cl2N4O3/c33-26-19-25(20-27(34)21-26)31(39)36-28-6-7-30(29(22-28)32(40)35-10-13-37-14-16-41-17-15-37)38-11-8-24(9-12-38)18-23-4-2-1-3-5-23/h1-7,19-22,24H,8-18H2,(H,35,40)(H,36,39). The first-order valence-electron chi connectivity index (χ1n) is 14.2. The molecule has 0 atom stereocenters. The van der Waals surface area contributed by atoms with E-state index < -0.39 is 0 Å². The van der Waals surface area contributed by atoms with E-state index in [2.05, 4.69) is 50.8 Å². The summed E-state index contributed by atoms with van der Waals surface area (Å²) in [5.74, 6) is 0.117. The molecular formula is C32H36Cl2N4O3. The zero-order valence-electron chi connectivity index (χ0n) is 23.1. The topological polar surface area (TPSA) is 73.9 Å². The lowest BCUT2D eigenvalue weighted by Gasteiger charge is -2.35. The predicted octanol–water partition coefficient (Wildman–Crippen LogP) is 5.77. The molecule has 2 fully saturated rings. The van der Waals surface area contributed by atoms with E-state index in [1.165, 1.54) is 5.56 Å². The van der Waals surface area contributed by atoms with Gasteiger partial charge in [-0.1, -0.05) is 53.5 Å². The molecule has 3 aromatic carbocycles. The zero-order valence-corrected chi connectivity index (χ0v) is 24.6. The Morgan fingerprint density at radius 2 is 1.56 bits per heavy atom. The van der Waals surface area contributed by atoms with Gasteiger partial charge in [0, 0.05) is 66.3 Å². The molecular weight excluding hydrogens is 559 g/mol. The first kappa shape index (κ1) is 29.4. The fraction of sp³-hybridized carbons (Fsp3) is 0.375. The average Bonchev–Trinajstić information content (AvgIpc) is 2.98. The molecule has 7 nitrogen and oxygen atoms in total. The van der Waals surface area contributed by atoms with Crippen molar-refractivity contribution in [1.82, 2.24) is 10.2 Å². The molecule has 2 heterocycles. The highest BCUT2D eigenvalue weighted by Crippen LogP contribution is 2.30. The van der Waals surface area contributed by atoms with Crippen LogP contribution in [0.2, 0.25) is 10.0 Å². The molecule has 2 saturated heterocycles. The zero-order chi connectivity index (χ0) is 28.6. The summed E-state index contributed by atoms with van der Waals surface area (Å²) in [4.78, 5) is 31.1. The molecule has 216 valence electrons. The molecule has 0 aliphatic carbocycles. The van der Waals surface area contributed by atoms with E-state index in [0.29, 0.717) is 39.3 Å². The van der Waals surface area contributed by atoms with Crippen LogP contribution < -0.4 is 15.5 Å². The number of morpholine rings is 1. The minimum Gasteiger partial charge on any atom is -0.379 e. The minimum absolute atomic E-state index is 0.151. The van der Waals surface area contributed by atoms with Gasteiger partial charge in [0.25, 0.3) is 11.8 Å². The highest BCUT2D eigenvalue weighted by molar-refractivity contribution is 6.35. The molecule has 0 spiro atoms. The van der Waals surface area contributed by atoms with Crippen LogP contribution in [0.15, 0.2) is 66.7 Å². The number of carbonyl (C=O) groups is 2. The molecule has 5 rings (SSSR count). The molecule has 2 aliphatic rings. The Morgan fingerprint density at radius 3 is 2.27 bits per heavy atom. The summed E-state index contributed by atoms with van der Waals surface area (Å²) >= 11 is 12.2. The molecule has 0 saturated carbocycles. The van der Waals surface area contributed by atoms with E-state index >= 15 is 0 Å². The first-order valence-corrected chi connectivity index (χ1v) is 15.0. The maximum atomic E-state index is 13.5. The molecule has 41 heavy (non-hydrogen) atoms. The maximum Gasteiger partial charge on any atom is 0.255 e. The second kappa shape index (κ2) is 14.2. The number of piperidine rings is 1. The second-order valence-electron chi connectivity index (χ2n) is 10.7. The van der Waals surface area contributed by atoms with E-state index in [4.69, 9.17) is 27.9 Å². The Kier molecular flexibility index (Phi) is 10.2. The van der Waals surface area contributed by atoms with Gasteiger partial charge >= 0.3 is 0 Å². The highest BCUT2D eigenvalue weighted by Gasteiger charge is 2.24. The van der Waals surface area contributed by atoms with Crippen molar-refractivity contribution in [2.45, 2.75) is 19.3 Å². The summed E-state index contributed by atoms with van der Waals surface area (Å²) in [5, 5.41) is 6.77. The lowest BCUT2D eigenvalue weighted by atomic mass is 9.89. The third kappa shape index (κ3) is 8.23. The van der Waals surface area contributed by atoms with E-state index in [0.717, 1.165) is 70.9 Å². The fourth-order valence-electron chi connectivity index (χ4n) is 5.53. The summed E-state index contributed by atoms with van der Waals surface area (Å²) in [7, 11) is 0. The lowest BCUT2D eigenvalue weighted by molar-refractivity contribution is 0.0383. The Hall–Kier alpha value is -3.10. The average molecular weight is 596 g/mol. The van der Waals surface area contributed by atoms with Gasteiger partial charge in [-0.2, -0.15) is 0 Å². The summed E-state index contributed by atoms with van der Waals surface area (Å²) in [6.45, 7) is 6.23. The lowest BCUT2D eigenvalue weighted by Crippen LogP contribution is -2.41. The Balaban J connectivity index is 1.29. The van der Waals surface area contributed by atoms with Gasteiger partial charge in [-0.25, -0.2) is 0 Å². The third-order valence-corrected chi connectivity index (χ3v) is 8.20. The molecule has 3 aromatic rings. The third-order valence-electron chi connectivity index (χ3n) is 7.76. The Bertz CT molecular complexity index is 1320. The van der Waals surface area contributed by atoms with Gasteiger partial charge in [0.1, 0.15) is 0 Å². The van der Waals surface area contributed by atoms with E-state index in [9.17, 15) is 9.59 Å². The summed E-state index contributed by atoms with van der Waals surface area (Å²) in [5.41, 5.74) is 3.69. The van der Waals surface area contributed by atoms with Crippen LogP contribution in [-0.4, -0.2) is 69.2 Å². The second-order valence-corrected chi connectivity index (χ2v) is 11.5. The SMILES string of the molecule is O=C(Nc1ccc(N2CCC(Cc3ccccc3)CC2)c(C(=O)NCCN2CCOCC2)c1)c1cc(Cl)cc(Cl)c1. The van der Waals surface area contributed by atoms with Crippen LogP contribution in [0.1, 0.15) is 39.1 Å². The molecule has 2 aliphatic heterocycles. The smallest absolute Gasteiger partial charge is 0.255 e. The van der Waals surface area contributed by atoms with Crippen LogP contribution in [0, 0.1) is 5.92 Å². The van der Waals surface area contributed by atoms with Crippen molar-refractivity contribution in [1.29, 1.82) is 0 Å². The molecule has 0 bridgehead atoms. The molecule has 0 aromatic heterocycles. The maximum absolute atomic E-state index is 13.5. The van der Waals surface area contributed by atoms with Crippen LogP contribution >= 0.6 is 23.2 Å². The van der Waals surface area contributed by atoms with Gasteiger partial charge in [0.05, 0.1) is 18.8 Å². The van der Waals surface area contributed by atoms with Crippen LogP contribution in [0.5, 0.6) is 0 Å². The number of amides is 2. The number of hydrogen-bond donors (Lipinski definition) is 2. The quantitative estimate of drug-likeness (QED) is 0.329. The molecule has 2 N–H and O–H groups in total. The number of benzene rings is 3. The van der Waals surface area contributed by atoms with Crippen molar-refractivity contribution in [3.8, 4) is 0 Å². The van der Waals surface area contributed by atoms with Crippen LogP contribution in [0.25, 0.3) is 0 Å². The number of rotatable bonds is 9. The van der Waals surface area contributed by atoms with Crippen LogP contribution in [-0.2, 0) is 11.2 Å². The van der Waals surface area contributed by atoms with Crippen molar-refractivity contribution in [3.05, 3.63) is 93.5 Å². The predicted molar refractivity (Wildman–Crippen MR) is 166 cm³/mol. The number of halogens is 2. The van der Waals surface area contributed by atoms with Crippen LogP contribution in [0.4, 0.5) is 11.4 Å². The Morgan fingerprint density at radius 1 is 0.854 bits per heavy atom. The number of anilines is 2. The Labute approximate surface area is 251 Å². The highest BCUT2D eigenvalue weighted by atomic mass is 35.5. The minimum atomic E-state index is -0.345. The molecule has 0 radical (unpaired) electrons. The molecule has 0 unspecified atom stereocenters. The number of nitrogens with one attached hydrogen (secondary N) is 2. The van der Waals surface area contributed by atoms with Crippen LogP contribution in [0.3, 0.4) is 0 Å². The number of hydrogen-bond acceptors (Lipinski definition) is 5. The molecule has 9 heteroatoms. The van der Waals surface area contributed by atoms with Crippen molar-refractivity contribution >= 4 is 46.4 Å². The fourth-order valence-corrected chi connectivity index (χ4v) is 6.06. The van der Waals surface area contributed by atoms with Gasteiger partial charge in [0.2, 0.25) is 0 Å². The van der Waals surface area contributed by atoms with E-state index in [1.807, 2.05) is 12.1 Å². The summed E-state index contributed by atoms with van der Waals surface area (Å²) in [6.07, 6.45) is 3.18. The number of ether oxygens (including phenoxy) is 1. The van der Waals surface area contributed by atoms with Crippen molar-refractivity contribution in [2.24, 2.45) is 5.92 Å². The number of nitrogens with zero attached hydrogens (tertiary/aromatic N) is 2. The van der Waals surface area contributed by atoms with Gasteiger partial charge in [-0.3, -0.25) is 14.5 Å². The van der Waals surface area contributed by atoms with E-state index in [-0.39, 0.29) is 11.8 Å². The number of carbonyl (C=O) groups excluding carboxylic acids is 2. The van der Waals surface area contributed by atoms with Gasteiger partial charge in [-0.15, -0.1) is 0 Å².